The van der Waals surface area contributed by atoms with E-state index in [2.05, 4.69) is 4.72 Å². The quantitative estimate of drug-likeness (QED) is 0.573. The fraction of sp³-hybridized carbons (Fsp3) is 0.286. The zero-order valence-corrected chi connectivity index (χ0v) is 17.2. The number of nitrogens with one attached hydrogen (secondary N) is 1. The van der Waals surface area contributed by atoms with E-state index in [0.717, 1.165) is 31.2 Å². The lowest BCUT2D eigenvalue weighted by atomic mass is 10.00. The van der Waals surface area contributed by atoms with Crippen LogP contribution in [-0.4, -0.2) is 20.6 Å². The number of primary amides is 1. The summed E-state index contributed by atoms with van der Waals surface area (Å²) in [5.74, 6) is -0.337. The van der Waals surface area contributed by atoms with Crippen LogP contribution in [0.3, 0.4) is 0 Å². The summed E-state index contributed by atoms with van der Waals surface area (Å²) in [5, 5.41) is 0.386. The van der Waals surface area contributed by atoms with E-state index in [1.807, 2.05) is 0 Å². The highest BCUT2D eigenvalue weighted by Gasteiger charge is 2.31. The van der Waals surface area contributed by atoms with E-state index >= 15 is 0 Å². The van der Waals surface area contributed by atoms with Crippen LogP contribution in [0.25, 0.3) is 22.3 Å². The summed E-state index contributed by atoms with van der Waals surface area (Å²) < 4.78 is 70.5. The minimum Gasteiger partial charge on any atom is -0.455 e. The molecule has 2 aromatic carbocycles. The van der Waals surface area contributed by atoms with Gasteiger partial charge in [-0.15, -0.1) is 0 Å². The molecule has 0 unspecified atom stereocenters. The molecule has 4 rings (SSSR count). The lowest BCUT2D eigenvalue weighted by molar-refractivity contribution is -0.137. The first kappa shape index (κ1) is 21.2. The van der Waals surface area contributed by atoms with Gasteiger partial charge in [-0.2, -0.15) is 13.2 Å². The highest BCUT2D eigenvalue weighted by atomic mass is 32.2. The van der Waals surface area contributed by atoms with Gasteiger partial charge in [0.2, 0.25) is 10.0 Å². The van der Waals surface area contributed by atoms with Gasteiger partial charge in [-0.1, -0.05) is 12.1 Å². The molecular weight excluding hydrogens is 433 g/mol. The van der Waals surface area contributed by atoms with E-state index in [4.69, 9.17) is 10.2 Å². The molecule has 0 radical (unpaired) electrons. The number of fused-ring (bicyclic) bond motifs is 1. The SMILES string of the molecule is CS(=O)(=O)Nc1cc2oc(-c3ccc(C(F)(F)F)cc3)c(C(N)=O)c2cc1CC1CC1. The Bertz CT molecular complexity index is 1270. The lowest BCUT2D eigenvalue weighted by Crippen LogP contribution is -2.13. The van der Waals surface area contributed by atoms with Crippen LogP contribution in [0.5, 0.6) is 0 Å². The normalized spacial score (nSPS) is 14.7. The lowest BCUT2D eigenvalue weighted by Gasteiger charge is -2.11. The minimum atomic E-state index is -4.50. The Kier molecular flexibility index (Phi) is 5.00. The van der Waals surface area contributed by atoms with Crippen molar-refractivity contribution in [2.24, 2.45) is 11.7 Å². The van der Waals surface area contributed by atoms with Crippen molar-refractivity contribution in [1.82, 2.24) is 0 Å². The van der Waals surface area contributed by atoms with Crippen LogP contribution in [0.4, 0.5) is 18.9 Å². The molecule has 31 heavy (non-hydrogen) atoms. The highest BCUT2D eigenvalue weighted by Crippen LogP contribution is 2.40. The van der Waals surface area contributed by atoms with E-state index in [1.54, 1.807) is 6.07 Å². The molecule has 0 aliphatic heterocycles. The molecule has 6 nitrogen and oxygen atoms in total. The van der Waals surface area contributed by atoms with Crippen molar-refractivity contribution in [3.05, 3.63) is 53.1 Å². The maximum absolute atomic E-state index is 12.9. The third-order valence-electron chi connectivity index (χ3n) is 5.14. The summed E-state index contributed by atoms with van der Waals surface area (Å²) >= 11 is 0. The second-order valence-electron chi connectivity index (χ2n) is 7.77. The number of carbonyl (C=O) groups is 1. The second-order valence-corrected chi connectivity index (χ2v) is 9.52. The molecule has 0 saturated heterocycles. The van der Waals surface area contributed by atoms with Gasteiger partial charge in [-0.3, -0.25) is 9.52 Å². The Morgan fingerprint density at radius 1 is 1.19 bits per heavy atom. The first-order chi connectivity index (χ1) is 14.4. The number of halogens is 3. The fourth-order valence-electron chi connectivity index (χ4n) is 3.54. The van der Waals surface area contributed by atoms with Gasteiger partial charge in [0, 0.05) is 17.0 Å². The number of benzene rings is 2. The average molecular weight is 452 g/mol. The predicted octanol–water partition coefficient (Wildman–Crippen LogP) is 4.54. The van der Waals surface area contributed by atoms with Gasteiger partial charge < -0.3 is 10.2 Å². The highest BCUT2D eigenvalue weighted by molar-refractivity contribution is 7.92. The molecule has 0 atom stereocenters. The van der Waals surface area contributed by atoms with Crippen molar-refractivity contribution in [3.8, 4) is 11.3 Å². The molecule has 1 aliphatic carbocycles. The molecule has 3 aromatic rings. The van der Waals surface area contributed by atoms with Crippen LogP contribution in [-0.2, 0) is 22.6 Å². The van der Waals surface area contributed by atoms with Crippen molar-refractivity contribution in [3.63, 3.8) is 0 Å². The van der Waals surface area contributed by atoms with Gasteiger partial charge in [0.05, 0.1) is 23.1 Å². The Morgan fingerprint density at radius 3 is 2.35 bits per heavy atom. The monoisotopic (exact) mass is 452 g/mol. The molecule has 0 spiro atoms. The number of hydrogen-bond acceptors (Lipinski definition) is 4. The number of nitrogens with two attached hydrogens (primary N) is 1. The van der Waals surface area contributed by atoms with Crippen LogP contribution in [0.2, 0.25) is 0 Å². The molecule has 1 amide bonds. The number of amides is 1. The van der Waals surface area contributed by atoms with E-state index in [9.17, 15) is 26.4 Å². The van der Waals surface area contributed by atoms with Crippen LogP contribution in [0.15, 0.2) is 40.8 Å². The second kappa shape index (κ2) is 7.30. The maximum atomic E-state index is 12.9. The van der Waals surface area contributed by atoms with Crippen LogP contribution in [0.1, 0.15) is 34.3 Å². The largest absolute Gasteiger partial charge is 0.455 e. The summed E-state index contributed by atoms with van der Waals surface area (Å²) in [4.78, 5) is 12.2. The Labute approximate surface area is 176 Å². The van der Waals surface area contributed by atoms with Gasteiger partial charge in [0.1, 0.15) is 11.3 Å². The minimum absolute atomic E-state index is 0.0325. The van der Waals surface area contributed by atoms with E-state index < -0.39 is 27.7 Å². The van der Waals surface area contributed by atoms with Crippen LogP contribution >= 0.6 is 0 Å². The molecule has 1 saturated carbocycles. The summed E-state index contributed by atoms with van der Waals surface area (Å²) in [6.07, 6.45) is -0.791. The van der Waals surface area contributed by atoms with E-state index in [1.165, 1.54) is 18.2 Å². The van der Waals surface area contributed by atoms with Crippen molar-refractivity contribution in [2.45, 2.75) is 25.4 Å². The smallest absolute Gasteiger partial charge is 0.416 e. The van der Waals surface area contributed by atoms with Crippen molar-refractivity contribution < 1.29 is 30.8 Å². The fourth-order valence-corrected chi connectivity index (χ4v) is 4.13. The van der Waals surface area contributed by atoms with Gasteiger partial charge in [-0.25, -0.2) is 8.42 Å². The number of carbonyl (C=O) groups excluding carboxylic acids is 1. The molecule has 164 valence electrons. The predicted molar refractivity (Wildman–Crippen MR) is 110 cm³/mol. The summed E-state index contributed by atoms with van der Waals surface area (Å²) in [7, 11) is -3.56. The third kappa shape index (κ3) is 4.53. The number of hydrogen-bond donors (Lipinski definition) is 2. The molecular formula is C21H19F3N2O4S. The molecule has 10 heteroatoms. The third-order valence-corrected chi connectivity index (χ3v) is 5.73. The zero-order chi connectivity index (χ0) is 22.6. The molecule has 1 aliphatic rings. The van der Waals surface area contributed by atoms with Crippen molar-refractivity contribution in [1.29, 1.82) is 0 Å². The van der Waals surface area contributed by atoms with Crippen molar-refractivity contribution >= 4 is 32.6 Å². The summed E-state index contributed by atoms with van der Waals surface area (Å²) in [6.45, 7) is 0. The van der Waals surface area contributed by atoms with Gasteiger partial charge in [-0.05, 0) is 48.9 Å². The Balaban J connectivity index is 1.88. The van der Waals surface area contributed by atoms with E-state index in [0.29, 0.717) is 29.0 Å². The van der Waals surface area contributed by atoms with Crippen LogP contribution < -0.4 is 10.5 Å². The number of alkyl halides is 3. The van der Waals surface area contributed by atoms with Gasteiger partial charge in [0.15, 0.2) is 0 Å². The molecule has 1 aromatic heterocycles. The van der Waals surface area contributed by atoms with Gasteiger partial charge in [0.25, 0.3) is 5.91 Å². The number of furan rings is 1. The Morgan fingerprint density at radius 2 is 1.84 bits per heavy atom. The average Bonchev–Trinajstić information content (AvgIpc) is 3.38. The maximum Gasteiger partial charge on any atom is 0.416 e. The molecule has 1 fully saturated rings. The first-order valence-corrected chi connectivity index (χ1v) is 11.4. The standard InChI is InChI=1S/C21H19F3N2O4S/c1-31(28,29)26-16-10-17-15(9-13(16)8-11-2-3-11)18(20(25)27)19(30-17)12-4-6-14(7-5-12)21(22,23)24/h4-7,9-11,26H,2-3,8H2,1H3,(H2,25,27). The van der Waals surface area contributed by atoms with Gasteiger partial charge >= 0.3 is 6.18 Å². The summed E-state index contributed by atoms with van der Waals surface area (Å²) in [6, 6.07) is 7.33. The molecule has 1 heterocycles. The summed E-state index contributed by atoms with van der Waals surface area (Å²) in [5.41, 5.74) is 6.27. The van der Waals surface area contributed by atoms with E-state index in [-0.39, 0.29) is 22.5 Å². The first-order valence-electron chi connectivity index (χ1n) is 9.47. The number of rotatable bonds is 6. The molecule has 0 bridgehead atoms. The van der Waals surface area contributed by atoms with Crippen LogP contribution in [0, 0.1) is 5.92 Å². The van der Waals surface area contributed by atoms with Crippen molar-refractivity contribution in [2.75, 3.05) is 11.0 Å². The zero-order valence-electron chi connectivity index (χ0n) is 16.4. The number of sulfonamides is 1. The molecule has 3 N–H and O–H groups in total. The topological polar surface area (TPSA) is 102 Å². The number of anilines is 1. The Hall–Kier alpha value is -3.01.